The summed E-state index contributed by atoms with van der Waals surface area (Å²) in [5.74, 6) is 0.0353. The van der Waals surface area contributed by atoms with Crippen molar-refractivity contribution in [3.8, 4) is 0 Å². The molecular formula is C17H26N4O3. The van der Waals surface area contributed by atoms with Gasteiger partial charge in [-0.3, -0.25) is 14.4 Å². The Balaban J connectivity index is 1.33. The normalized spacial score (nSPS) is 27.7. The van der Waals surface area contributed by atoms with E-state index in [-0.39, 0.29) is 11.5 Å². The lowest BCUT2D eigenvalue weighted by molar-refractivity contribution is -0.0401. The Labute approximate surface area is 142 Å². The topological polar surface area (TPSA) is 59.8 Å². The third-order valence-corrected chi connectivity index (χ3v) is 5.65. The summed E-state index contributed by atoms with van der Waals surface area (Å²) in [6.07, 6.45) is 4.74. The first-order valence-electron chi connectivity index (χ1n) is 8.90. The van der Waals surface area contributed by atoms with E-state index in [9.17, 15) is 4.79 Å². The molecule has 1 amide bonds. The molecule has 7 nitrogen and oxygen atoms in total. The van der Waals surface area contributed by atoms with Gasteiger partial charge in [0, 0.05) is 45.5 Å². The molecule has 0 N–H and O–H groups in total. The van der Waals surface area contributed by atoms with Crippen LogP contribution >= 0.6 is 0 Å². The molecule has 1 spiro atoms. The van der Waals surface area contributed by atoms with Gasteiger partial charge in [0.2, 0.25) is 0 Å². The SMILES string of the molecule is Cn1ccc(C(=O)N2CCC3(CC2)CC(N2CCOCC2)CO3)n1. The zero-order valence-electron chi connectivity index (χ0n) is 14.3. The van der Waals surface area contributed by atoms with Crippen molar-refractivity contribution in [3.05, 3.63) is 18.0 Å². The van der Waals surface area contributed by atoms with Crippen LogP contribution in [0.25, 0.3) is 0 Å². The van der Waals surface area contributed by atoms with Gasteiger partial charge in [-0.1, -0.05) is 0 Å². The average Bonchev–Trinajstić information content (AvgIpc) is 3.23. The molecule has 24 heavy (non-hydrogen) atoms. The van der Waals surface area contributed by atoms with Crippen molar-refractivity contribution >= 4 is 5.91 Å². The van der Waals surface area contributed by atoms with Gasteiger partial charge in [-0.2, -0.15) is 5.10 Å². The van der Waals surface area contributed by atoms with E-state index in [1.807, 2.05) is 18.1 Å². The van der Waals surface area contributed by atoms with Crippen molar-refractivity contribution in [1.29, 1.82) is 0 Å². The summed E-state index contributed by atoms with van der Waals surface area (Å²) in [7, 11) is 1.83. The van der Waals surface area contributed by atoms with E-state index < -0.39 is 0 Å². The molecule has 1 unspecified atom stereocenters. The van der Waals surface area contributed by atoms with Crippen LogP contribution < -0.4 is 0 Å². The van der Waals surface area contributed by atoms with E-state index in [2.05, 4.69) is 10.00 Å². The fraction of sp³-hybridized carbons (Fsp3) is 0.765. The minimum absolute atomic E-state index is 0.0353. The smallest absolute Gasteiger partial charge is 0.274 e. The second-order valence-corrected chi connectivity index (χ2v) is 7.17. The van der Waals surface area contributed by atoms with Crippen molar-refractivity contribution < 1.29 is 14.3 Å². The molecular weight excluding hydrogens is 308 g/mol. The Bertz CT molecular complexity index is 588. The van der Waals surface area contributed by atoms with E-state index in [0.717, 1.165) is 65.3 Å². The van der Waals surface area contributed by atoms with E-state index in [4.69, 9.17) is 9.47 Å². The third kappa shape index (κ3) is 3.08. The maximum Gasteiger partial charge on any atom is 0.274 e. The molecule has 1 atom stereocenters. The van der Waals surface area contributed by atoms with Crippen LogP contribution in [-0.2, 0) is 16.5 Å². The number of rotatable bonds is 2. The molecule has 132 valence electrons. The number of aromatic nitrogens is 2. The summed E-state index contributed by atoms with van der Waals surface area (Å²) >= 11 is 0. The minimum Gasteiger partial charge on any atom is -0.379 e. The molecule has 3 fully saturated rings. The molecule has 4 rings (SSSR count). The van der Waals surface area contributed by atoms with Gasteiger partial charge < -0.3 is 14.4 Å². The van der Waals surface area contributed by atoms with Gasteiger partial charge in [0.15, 0.2) is 0 Å². The van der Waals surface area contributed by atoms with E-state index in [1.54, 1.807) is 10.7 Å². The fourth-order valence-electron chi connectivity index (χ4n) is 4.15. The first-order valence-corrected chi connectivity index (χ1v) is 8.90. The molecule has 0 aromatic carbocycles. The molecule has 0 radical (unpaired) electrons. The molecule has 7 heteroatoms. The maximum absolute atomic E-state index is 12.5. The van der Waals surface area contributed by atoms with Crippen LogP contribution in [0.5, 0.6) is 0 Å². The standard InChI is InChI=1S/C17H26N4O3/c1-19-5-2-15(18-19)16(22)21-6-3-17(4-7-21)12-14(13-24-17)20-8-10-23-11-9-20/h2,5,14H,3-4,6-13H2,1H3. The first-order chi connectivity index (χ1) is 11.7. The Morgan fingerprint density at radius 1 is 1.25 bits per heavy atom. The summed E-state index contributed by atoms with van der Waals surface area (Å²) < 4.78 is 13.4. The number of hydrogen-bond donors (Lipinski definition) is 0. The van der Waals surface area contributed by atoms with Gasteiger partial charge in [0.25, 0.3) is 5.91 Å². The second-order valence-electron chi connectivity index (χ2n) is 7.17. The number of ether oxygens (including phenoxy) is 2. The van der Waals surface area contributed by atoms with Crippen LogP contribution in [0.15, 0.2) is 12.3 Å². The van der Waals surface area contributed by atoms with Crippen LogP contribution in [0.1, 0.15) is 29.8 Å². The van der Waals surface area contributed by atoms with Crippen LogP contribution in [0.4, 0.5) is 0 Å². The van der Waals surface area contributed by atoms with Crippen LogP contribution in [0, 0.1) is 0 Å². The van der Waals surface area contributed by atoms with E-state index in [0.29, 0.717) is 11.7 Å². The Kier molecular flexibility index (Phi) is 4.32. The number of morpholine rings is 1. The number of amides is 1. The third-order valence-electron chi connectivity index (χ3n) is 5.65. The van der Waals surface area contributed by atoms with Gasteiger partial charge in [0.05, 0.1) is 25.4 Å². The molecule has 1 aromatic rings. The summed E-state index contributed by atoms with van der Waals surface area (Å²) in [5.41, 5.74) is 0.496. The van der Waals surface area contributed by atoms with Crippen molar-refractivity contribution in [3.63, 3.8) is 0 Å². The lowest BCUT2D eigenvalue weighted by Crippen LogP contribution is -2.48. The lowest BCUT2D eigenvalue weighted by Gasteiger charge is -2.39. The molecule has 3 aliphatic rings. The fourth-order valence-corrected chi connectivity index (χ4v) is 4.15. The van der Waals surface area contributed by atoms with Crippen molar-refractivity contribution in [2.45, 2.75) is 30.9 Å². The average molecular weight is 334 g/mol. The van der Waals surface area contributed by atoms with Gasteiger partial charge in [-0.25, -0.2) is 0 Å². The summed E-state index contributed by atoms with van der Waals surface area (Å²) in [5, 5.41) is 4.22. The number of hydrogen-bond acceptors (Lipinski definition) is 5. The van der Waals surface area contributed by atoms with Crippen LogP contribution in [0.3, 0.4) is 0 Å². The van der Waals surface area contributed by atoms with Gasteiger partial charge in [-0.15, -0.1) is 0 Å². The highest BCUT2D eigenvalue weighted by Gasteiger charge is 2.45. The number of carbonyl (C=O) groups is 1. The molecule has 0 bridgehead atoms. The molecule has 4 heterocycles. The summed E-state index contributed by atoms with van der Waals surface area (Å²) in [4.78, 5) is 16.9. The highest BCUT2D eigenvalue weighted by Crippen LogP contribution is 2.38. The number of likely N-dealkylation sites (tertiary alicyclic amines) is 1. The lowest BCUT2D eigenvalue weighted by atomic mass is 9.87. The number of carbonyl (C=O) groups excluding carboxylic acids is 1. The predicted octanol–water partition coefficient (Wildman–Crippen LogP) is 0.516. The molecule has 1 aromatic heterocycles. The molecule has 0 saturated carbocycles. The number of aryl methyl sites for hydroxylation is 1. The Morgan fingerprint density at radius 3 is 2.67 bits per heavy atom. The number of piperidine rings is 1. The van der Waals surface area contributed by atoms with Crippen molar-refractivity contribution in [2.24, 2.45) is 7.05 Å². The quantitative estimate of drug-likeness (QED) is 0.789. The first kappa shape index (κ1) is 16.1. The Morgan fingerprint density at radius 2 is 2.00 bits per heavy atom. The summed E-state index contributed by atoms with van der Waals surface area (Å²) in [6, 6.07) is 2.29. The predicted molar refractivity (Wildman–Crippen MR) is 87.8 cm³/mol. The summed E-state index contributed by atoms with van der Waals surface area (Å²) in [6.45, 7) is 6.00. The monoisotopic (exact) mass is 334 g/mol. The zero-order valence-corrected chi connectivity index (χ0v) is 14.3. The van der Waals surface area contributed by atoms with Crippen LogP contribution in [-0.4, -0.2) is 83.1 Å². The van der Waals surface area contributed by atoms with Crippen LogP contribution in [0.2, 0.25) is 0 Å². The van der Waals surface area contributed by atoms with Crippen molar-refractivity contribution in [1.82, 2.24) is 19.6 Å². The van der Waals surface area contributed by atoms with E-state index in [1.165, 1.54) is 0 Å². The second kappa shape index (κ2) is 6.46. The highest BCUT2D eigenvalue weighted by molar-refractivity contribution is 5.92. The zero-order chi connectivity index (χ0) is 16.6. The van der Waals surface area contributed by atoms with Gasteiger partial charge >= 0.3 is 0 Å². The molecule has 3 saturated heterocycles. The minimum atomic E-state index is -0.0378. The number of nitrogens with zero attached hydrogens (tertiary/aromatic N) is 4. The molecule has 0 aliphatic carbocycles. The van der Waals surface area contributed by atoms with E-state index >= 15 is 0 Å². The van der Waals surface area contributed by atoms with Gasteiger partial charge in [0.1, 0.15) is 5.69 Å². The maximum atomic E-state index is 12.5. The molecule has 3 aliphatic heterocycles. The van der Waals surface area contributed by atoms with Crippen molar-refractivity contribution in [2.75, 3.05) is 46.0 Å². The largest absolute Gasteiger partial charge is 0.379 e. The van der Waals surface area contributed by atoms with Gasteiger partial charge in [-0.05, 0) is 25.3 Å². The highest BCUT2D eigenvalue weighted by atomic mass is 16.5. The Hall–Kier alpha value is -1.44.